The summed E-state index contributed by atoms with van der Waals surface area (Å²) in [5.74, 6) is 0.423. The molecule has 13 heavy (non-hydrogen) atoms. The van der Waals surface area contributed by atoms with Crippen molar-refractivity contribution in [3.8, 4) is 0 Å². The van der Waals surface area contributed by atoms with E-state index in [-0.39, 0.29) is 11.7 Å². The number of carbonyl (C=O) groups is 1. The number of aliphatic hydroxyl groups excluding tert-OH is 1. The van der Waals surface area contributed by atoms with Crippen molar-refractivity contribution in [2.24, 2.45) is 11.3 Å². The predicted octanol–water partition coefficient (Wildman–Crippen LogP) is 2.15. The number of carbonyl (C=O) groups excluding carboxylic acids is 1. The van der Waals surface area contributed by atoms with E-state index in [9.17, 15) is 9.90 Å². The first-order valence-corrected chi connectivity index (χ1v) is 5.20. The van der Waals surface area contributed by atoms with Gasteiger partial charge in [0, 0.05) is 6.42 Å². The van der Waals surface area contributed by atoms with Gasteiger partial charge in [-0.2, -0.15) is 0 Å². The van der Waals surface area contributed by atoms with Crippen LogP contribution in [0.4, 0.5) is 0 Å². The Hall–Kier alpha value is -0.370. The molecule has 0 aliphatic heterocycles. The molecule has 2 atom stereocenters. The topological polar surface area (TPSA) is 37.3 Å². The summed E-state index contributed by atoms with van der Waals surface area (Å²) in [6.07, 6.45) is 3.11. The second-order valence-electron chi connectivity index (χ2n) is 4.74. The fourth-order valence-electron chi connectivity index (χ4n) is 2.25. The molecule has 2 nitrogen and oxygen atoms in total. The zero-order chi connectivity index (χ0) is 10.1. The first kappa shape index (κ1) is 10.7. The van der Waals surface area contributed by atoms with E-state index in [1.807, 2.05) is 20.8 Å². The van der Waals surface area contributed by atoms with Crippen molar-refractivity contribution >= 4 is 5.78 Å². The van der Waals surface area contributed by atoms with Crippen molar-refractivity contribution in [1.29, 1.82) is 0 Å². The maximum Gasteiger partial charge on any atom is 0.141 e. The molecule has 2 heteroatoms. The smallest absolute Gasteiger partial charge is 0.141 e. The van der Waals surface area contributed by atoms with Gasteiger partial charge in [-0.15, -0.1) is 0 Å². The third kappa shape index (κ3) is 1.93. The van der Waals surface area contributed by atoms with Gasteiger partial charge in [0.25, 0.3) is 0 Å². The van der Waals surface area contributed by atoms with Gasteiger partial charge in [-0.25, -0.2) is 0 Å². The lowest BCUT2D eigenvalue weighted by atomic mass is 9.68. The zero-order valence-corrected chi connectivity index (χ0v) is 8.84. The number of rotatable bonds is 2. The normalized spacial score (nSPS) is 32.2. The summed E-state index contributed by atoms with van der Waals surface area (Å²) >= 11 is 0. The molecular weight excluding hydrogens is 164 g/mol. The molecule has 0 amide bonds. The molecular formula is C11H20O2. The molecule has 0 saturated heterocycles. The fraction of sp³-hybridized carbons (Fsp3) is 0.909. The monoisotopic (exact) mass is 184 g/mol. The highest BCUT2D eigenvalue weighted by molar-refractivity contribution is 5.85. The van der Waals surface area contributed by atoms with Crippen molar-refractivity contribution < 1.29 is 9.90 Å². The minimum atomic E-state index is -0.472. The van der Waals surface area contributed by atoms with Crippen LogP contribution in [0.1, 0.15) is 46.5 Å². The van der Waals surface area contributed by atoms with Gasteiger partial charge in [-0.1, -0.05) is 27.2 Å². The Kier molecular flexibility index (Phi) is 3.12. The molecule has 0 heterocycles. The Morgan fingerprint density at radius 3 is 2.46 bits per heavy atom. The summed E-state index contributed by atoms with van der Waals surface area (Å²) in [5.41, 5.74) is -0.466. The predicted molar refractivity (Wildman–Crippen MR) is 52.4 cm³/mol. The van der Waals surface area contributed by atoms with Crippen LogP contribution in [0.5, 0.6) is 0 Å². The summed E-state index contributed by atoms with van der Waals surface area (Å²) in [6.45, 7) is 5.86. The Morgan fingerprint density at radius 1 is 1.38 bits per heavy atom. The van der Waals surface area contributed by atoms with Crippen LogP contribution in [0, 0.1) is 11.3 Å². The van der Waals surface area contributed by atoms with Crippen LogP contribution in [0.2, 0.25) is 0 Å². The zero-order valence-electron chi connectivity index (χ0n) is 8.84. The van der Waals surface area contributed by atoms with Crippen molar-refractivity contribution in [3.05, 3.63) is 0 Å². The van der Waals surface area contributed by atoms with Crippen LogP contribution < -0.4 is 0 Å². The summed E-state index contributed by atoms with van der Waals surface area (Å²) in [7, 11) is 0. The largest absolute Gasteiger partial charge is 0.392 e. The third-order valence-corrected chi connectivity index (χ3v) is 3.27. The molecule has 0 aromatic carbocycles. The SMILES string of the molecule is CC(C)[C@H](O)[C@]1(C)CCCCC1=O. The van der Waals surface area contributed by atoms with E-state index in [1.165, 1.54) is 0 Å². The van der Waals surface area contributed by atoms with Gasteiger partial charge in [0.15, 0.2) is 0 Å². The number of Topliss-reactive ketones (excluding diaryl/α,β-unsaturated/α-hetero) is 1. The quantitative estimate of drug-likeness (QED) is 0.714. The van der Waals surface area contributed by atoms with E-state index in [1.54, 1.807) is 0 Å². The molecule has 1 aliphatic rings. The molecule has 0 radical (unpaired) electrons. The molecule has 1 fully saturated rings. The number of aliphatic hydroxyl groups is 1. The average molecular weight is 184 g/mol. The van der Waals surface area contributed by atoms with Gasteiger partial charge in [0.2, 0.25) is 0 Å². The van der Waals surface area contributed by atoms with E-state index in [0.717, 1.165) is 19.3 Å². The summed E-state index contributed by atoms with van der Waals surface area (Å²) in [4.78, 5) is 11.7. The molecule has 0 spiro atoms. The average Bonchev–Trinajstić information content (AvgIpc) is 2.09. The standard InChI is InChI=1S/C11H20O2/c1-8(2)10(13)11(3)7-5-4-6-9(11)12/h8,10,13H,4-7H2,1-3H3/t10-,11+/m0/s1. The van der Waals surface area contributed by atoms with Crippen LogP contribution in [0.25, 0.3) is 0 Å². The van der Waals surface area contributed by atoms with Crippen LogP contribution in [0.3, 0.4) is 0 Å². The van der Waals surface area contributed by atoms with E-state index < -0.39 is 11.5 Å². The Balaban J connectivity index is 2.77. The van der Waals surface area contributed by atoms with Gasteiger partial charge in [0.1, 0.15) is 5.78 Å². The Labute approximate surface area is 80.3 Å². The van der Waals surface area contributed by atoms with E-state index in [0.29, 0.717) is 6.42 Å². The van der Waals surface area contributed by atoms with Crippen molar-refractivity contribution in [3.63, 3.8) is 0 Å². The molecule has 1 aliphatic carbocycles. The summed E-state index contributed by atoms with van der Waals surface area (Å²) in [6, 6.07) is 0. The lowest BCUT2D eigenvalue weighted by Crippen LogP contribution is -2.44. The maximum atomic E-state index is 11.7. The molecule has 1 saturated carbocycles. The molecule has 1 N–H and O–H groups in total. The van der Waals surface area contributed by atoms with Gasteiger partial charge >= 0.3 is 0 Å². The maximum absolute atomic E-state index is 11.7. The van der Waals surface area contributed by atoms with Gasteiger partial charge in [-0.3, -0.25) is 4.79 Å². The van der Waals surface area contributed by atoms with Crippen LogP contribution in [0.15, 0.2) is 0 Å². The highest BCUT2D eigenvalue weighted by atomic mass is 16.3. The van der Waals surface area contributed by atoms with E-state index in [2.05, 4.69) is 0 Å². The van der Waals surface area contributed by atoms with Gasteiger partial charge in [0.05, 0.1) is 11.5 Å². The molecule has 0 aromatic heterocycles. The molecule has 0 unspecified atom stereocenters. The first-order valence-electron chi connectivity index (χ1n) is 5.20. The van der Waals surface area contributed by atoms with E-state index >= 15 is 0 Å². The second kappa shape index (κ2) is 3.79. The third-order valence-electron chi connectivity index (χ3n) is 3.27. The molecule has 0 bridgehead atoms. The van der Waals surface area contributed by atoms with Gasteiger partial charge < -0.3 is 5.11 Å². The van der Waals surface area contributed by atoms with Gasteiger partial charge in [-0.05, 0) is 18.8 Å². The van der Waals surface area contributed by atoms with Crippen molar-refractivity contribution in [1.82, 2.24) is 0 Å². The molecule has 76 valence electrons. The van der Waals surface area contributed by atoms with Crippen molar-refractivity contribution in [2.45, 2.75) is 52.6 Å². The van der Waals surface area contributed by atoms with Crippen LogP contribution in [-0.4, -0.2) is 17.0 Å². The second-order valence-corrected chi connectivity index (χ2v) is 4.74. The number of ketones is 1. The minimum absolute atomic E-state index is 0.173. The summed E-state index contributed by atoms with van der Waals surface area (Å²) < 4.78 is 0. The molecule has 0 aromatic rings. The first-order chi connectivity index (χ1) is 5.98. The minimum Gasteiger partial charge on any atom is -0.392 e. The Morgan fingerprint density at radius 2 is 2.00 bits per heavy atom. The lowest BCUT2D eigenvalue weighted by molar-refractivity contribution is -0.140. The summed E-state index contributed by atoms with van der Waals surface area (Å²) in [5, 5.41) is 9.96. The van der Waals surface area contributed by atoms with Crippen LogP contribution >= 0.6 is 0 Å². The Bertz CT molecular complexity index is 198. The highest BCUT2D eigenvalue weighted by Crippen LogP contribution is 2.38. The van der Waals surface area contributed by atoms with E-state index in [4.69, 9.17) is 0 Å². The van der Waals surface area contributed by atoms with Crippen molar-refractivity contribution in [2.75, 3.05) is 0 Å². The molecule has 1 rings (SSSR count). The number of hydrogen-bond donors (Lipinski definition) is 1. The highest BCUT2D eigenvalue weighted by Gasteiger charge is 2.42. The fourth-order valence-corrected chi connectivity index (χ4v) is 2.25. The number of hydrogen-bond acceptors (Lipinski definition) is 2. The lowest BCUT2D eigenvalue weighted by Gasteiger charge is -2.38. The van der Waals surface area contributed by atoms with Crippen LogP contribution in [-0.2, 0) is 4.79 Å².